The molecule has 5 heteroatoms. The van der Waals surface area contributed by atoms with Gasteiger partial charge in [-0.15, -0.1) is 0 Å². The number of carbonyl (C=O) groups excluding carboxylic acids is 2. The van der Waals surface area contributed by atoms with Crippen molar-refractivity contribution in [1.29, 1.82) is 0 Å². The van der Waals surface area contributed by atoms with Crippen LogP contribution in [0.15, 0.2) is 30.3 Å². The molecule has 0 spiro atoms. The third-order valence-electron chi connectivity index (χ3n) is 3.75. The molecule has 1 fully saturated rings. The predicted molar refractivity (Wildman–Crippen MR) is 77.2 cm³/mol. The highest BCUT2D eigenvalue weighted by Gasteiger charge is 2.39. The molecule has 0 saturated heterocycles. The highest BCUT2D eigenvalue weighted by atomic mass is 16.2. The first-order valence-electron chi connectivity index (χ1n) is 7.05. The standard InChI is InChI=1S/C15H21N3O2/c19-12-16-10-5-11-17-14(20)18-15(8-4-9-15)13-6-2-1-3-7-13/h1-3,6-7,12H,4-5,8-11H2,(H,16,19)(H2,17,18,20). The van der Waals surface area contributed by atoms with E-state index in [0.29, 0.717) is 19.5 Å². The van der Waals surface area contributed by atoms with E-state index in [1.165, 1.54) is 5.56 Å². The number of urea groups is 1. The zero-order valence-electron chi connectivity index (χ0n) is 11.5. The van der Waals surface area contributed by atoms with Crippen LogP contribution in [0.3, 0.4) is 0 Å². The number of benzene rings is 1. The smallest absolute Gasteiger partial charge is 0.315 e. The molecule has 108 valence electrons. The van der Waals surface area contributed by atoms with Gasteiger partial charge in [0.25, 0.3) is 0 Å². The molecule has 3 amide bonds. The maximum Gasteiger partial charge on any atom is 0.315 e. The summed E-state index contributed by atoms with van der Waals surface area (Å²) >= 11 is 0. The molecule has 3 N–H and O–H groups in total. The van der Waals surface area contributed by atoms with Crippen LogP contribution in [-0.2, 0) is 10.3 Å². The number of carbonyl (C=O) groups is 2. The Kier molecular flexibility index (Phi) is 4.98. The van der Waals surface area contributed by atoms with E-state index in [1.54, 1.807) is 0 Å². The Morgan fingerprint density at radius 2 is 1.95 bits per heavy atom. The third kappa shape index (κ3) is 3.50. The van der Waals surface area contributed by atoms with E-state index >= 15 is 0 Å². The lowest BCUT2D eigenvalue weighted by molar-refractivity contribution is -0.109. The summed E-state index contributed by atoms with van der Waals surface area (Å²) in [6, 6.07) is 9.97. The van der Waals surface area contributed by atoms with Gasteiger partial charge in [0.15, 0.2) is 0 Å². The van der Waals surface area contributed by atoms with Crippen LogP contribution in [-0.4, -0.2) is 25.5 Å². The summed E-state index contributed by atoms with van der Waals surface area (Å²) in [5, 5.41) is 8.49. The van der Waals surface area contributed by atoms with E-state index in [0.717, 1.165) is 25.7 Å². The second-order valence-corrected chi connectivity index (χ2v) is 5.11. The fourth-order valence-electron chi connectivity index (χ4n) is 2.49. The van der Waals surface area contributed by atoms with Crippen LogP contribution in [0, 0.1) is 0 Å². The van der Waals surface area contributed by atoms with Crippen molar-refractivity contribution in [2.45, 2.75) is 31.2 Å². The van der Waals surface area contributed by atoms with Gasteiger partial charge in [0.05, 0.1) is 5.54 Å². The van der Waals surface area contributed by atoms with E-state index in [2.05, 4.69) is 28.1 Å². The first-order chi connectivity index (χ1) is 9.77. The second-order valence-electron chi connectivity index (χ2n) is 5.11. The summed E-state index contributed by atoms with van der Waals surface area (Å²) in [6.07, 6.45) is 4.50. The molecule has 2 rings (SSSR count). The van der Waals surface area contributed by atoms with Gasteiger partial charge in [-0.1, -0.05) is 30.3 Å². The fraction of sp³-hybridized carbons (Fsp3) is 0.467. The number of hydrogen-bond acceptors (Lipinski definition) is 2. The van der Waals surface area contributed by atoms with Crippen LogP contribution < -0.4 is 16.0 Å². The number of nitrogens with one attached hydrogen (secondary N) is 3. The van der Waals surface area contributed by atoms with E-state index < -0.39 is 0 Å². The quantitative estimate of drug-likeness (QED) is 0.521. The molecule has 0 atom stereocenters. The molecular formula is C15H21N3O2. The van der Waals surface area contributed by atoms with Crippen molar-refractivity contribution in [2.24, 2.45) is 0 Å². The van der Waals surface area contributed by atoms with Crippen molar-refractivity contribution in [2.75, 3.05) is 13.1 Å². The van der Waals surface area contributed by atoms with Crippen LogP contribution in [0.2, 0.25) is 0 Å². The Balaban J connectivity index is 1.81. The average Bonchev–Trinajstić information content (AvgIpc) is 2.43. The van der Waals surface area contributed by atoms with E-state index in [9.17, 15) is 9.59 Å². The van der Waals surface area contributed by atoms with Crippen LogP contribution in [0.5, 0.6) is 0 Å². The van der Waals surface area contributed by atoms with E-state index in [4.69, 9.17) is 0 Å². The molecule has 1 aromatic carbocycles. The summed E-state index contributed by atoms with van der Waals surface area (Å²) in [5.41, 5.74) is 0.968. The molecule has 0 heterocycles. The molecule has 20 heavy (non-hydrogen) atoms. The zero-order chi connectivity index (χ0) is 14.3. The Hall–Kier alpha value is -2.04. The van der Waals surface area contributed by atoms with Crippen LogP contribution in [0.1, 0.15) is 31.2 Å². The Morgan fingerprint density at radius 1 is 1.20 bits per heavy atom. The topological polar surface area (TPSA) is 70.2 Å². The molecule has 0 unspecified atom stereocenters. The molecule has 5 nitrogen and oxygen atoms in total. The Bertz CT molecular complexity index is 444. The lowest BCUT2D eigenvalue weighted by Crippen LogP contribution is -2.54. The summed E-state index contributed by atoms with van der Waals surface area (Å²) in [5.74, 6) is 0. The third-order valence-corrected chi connectivity index (χ3v) is 3.75. The van der Waals surface area contributed by atoms with Gasteiger partial charge in [-0.2, -0.15) is 0 Å². The normalized spacial score (nSPS) is 15.8. The summed E-state index contributed by atoms with van der Waals surface area (Å²) in [7, 11) is 0. The summed E-state index contributed by atoms with van der Waals surface area (Å²) < 4.78 is 0. The van der Waals surface area contributed by atoms with Crippen molar-refractivity contribution in [3.05, 3.63) is 35.9 Å². The second kappa shape index (κ2) is 6.93. The zero-order valence-corrected chi connectivity index (χ0v) is 11.5. The molecule has 1 saturated carbocycles. The first-order valence-corrected chi connectivity index (χ1v) is 7.05. The van der Waals surface area contributed by atoms with E-state index in [-0.39, 0.29) is 11.6 Å². The summed E-state index contributed by atoms with van der Waals surface area (Å²) in [4.78, 5) is 22.0. The molecule has 0 bridgehead atoms. The van der Waals surface area contributed by atoms with Crippen molar-refractivity contribution in [3.8, 4) is 0 Å². The van der Waals surface area contributed by atoms with Crippen molar-refractivity contribution >= 4 is 12.4 Å². The minimum atomic E-state index is -0.202. The van der Waals surface area contributed by atoms with Gasteiger partial charge in [-0.3, -0.25) is 4.79 Å². The molecule has 1 aliphatic rings. The highest BCUT2D eigenvalue weighted by Crippen LogP contribution is 2.40. The van der Waals surface area contributed by atoms with Gasteiger partial charge >= 0.3 is 6.03 Å². The van der Waals surface area contributed by atoms with Crippen molar-refractivity contribution < 1.29 is 9.59 Å². The van der Waals surface area contributed by atoms with Crippen LogP contribution >= 0.6 is 0 Å². The first kappa shape index (κ1) is 14.4. The monoisotopic (exact) mass is 275 g/mol. The SMILES string of the molecule is O=CNCCCNC(=O)NC1(c2ccccc2)CCC1. The van der Waals surface area contributed by atoms with Gasteiger partial charge in [-0.25, -0.2) is 4.79 Å². The molecular weight excluding hydrogens is 254 g/mol. The van der Waals surface area contributed by atoms with Crippen LogP contribution in [0.25, 0.3) is 0 Å². The van der Waals surface area contributed by atoms with Crippen molar-refractivity contribution in [3.63, 3.8) is 0 Å². The van der Waals surface area contributed by atoms with Gasteiger partial charge in [0, 0.05) is 13.1 Å². The minimum absolute atomic E-state index is 0.139. The average molecular weight is 275 g/mol. The minimum Gasteiger partial charge on any atom is -0.359 e. The molecule has 1 aromatic rings. The Morgan fingerprint density at radius 3 is 2.55 bits per heavy atom. The Labute approximate surface area is 119 Å². The van der Waals surface area contributed by atoms with Gasteiger partial charge in [0.1, 0.15) is 0 Å². The van der Waals surface area contributed by atoms with Gasteiger partial charge in [-0.05, 0) is 31.2 Å². The summed E-state index contributed by atoms with van der Waals surface area (Å²) in [6.45, 7) is 1.13. The van der Waals surface area contributed by atoms with Gasteiger partial charge in [0.2, 0.25) is 6.41 Å². The highest BCUT2D eigenvalue weighted by molar-refractivity contribution is 5.75. The van der Waals surface area contributed by atoms with Crippen molar-refractivity contribution in [1.82, 2.24) is 16.0 Å². The molecule has 0 aromatic heterocycles. The lowest BCUT2D eigenvalue weighted by Gasteiger charge is -2.43. The molecule has 0 radical (unpaired) electrons. The number of rotatable bonds is 7. The maximum atomic E-state index is 11.9. The number of amides is 3. The largest absolute Gasteiger partial charge is 0.359 e. The van der Waals surface area contributed by atoms with Crippen LogP contribution in [0.4, 0.5) is 4.79 Å². The molecule has 0 aliphatic heterocycles. The fourth-order valence-corrected chi connectivity index (χ4v) is 2.49. The predicted octanol–water partition coefficient (Wildman–Crippen LogP) is 1.50. The molecule has 1 aliphatic carbocycles. The maximum absolute atomic E-state index is 11.9. The van der Waals surface area contributed by atoms with Gasteiger partial charge < -0.3 is 16.0 Å². The lowest BCUT2D eigenvalue weighted by atomic mass is 9.72. The number of hydrogen-bond donors (Lipinski definition) is 3. The van der Waals surface area contributed by atoms with E-state index in [1.807, 2.05) is 18.2 Å².